The summed E-state index contributed by atoms with van der Waals surface area (Å²) in [6, 6.07) is 0. The van der Waals surface area contributed by atoms with Crippen molar-refractivity contribution in [2.75, 3.05) is 0 Å². The zero-order chi connectivity index (χ0) is 8.65. The van der Waals surface area contributed by atoms with E-state index in [-0.39, 0.29) is 10.4 Å². The predicted molar refractivity (Wildman–Crippen MR) is 38.2 cm³/mol. The van der Waals surface area contributed by atoms with Crippen molar-refractivity contribution in [3.63, 3.8) is 0 Å². The summed E-state index contributed by atoms with van der Waals surface area (Å²) in [7, 11) is 0. The second-order valence-corrected chi connectivity index (χ2v) is 3.44. The Labute approximate surface area is 63.3 Å². The highest BCUT2D eigenvalue weighted by atomic mass is 19.2. The maximum absolute atomic E-state index is 12.3. The summed E-state index contributed by atoms with van der Waals surface area (Å²) in [5.74, 6) is 0. The van der Waals surface area contributed by atoms with Gasteiger partial charge in [0.15, 0.2) is 0 Å². The van der Waals surface area contributed by atoms with Crippen LogP contribution in [0.2, 0.25) is 0 Å². The third-order valence-corrected chi connectivity index (χ3v) is 1.43. The van der Waals surface area contributed by atoms with Crippen LogP contribution in [0.4, 0.5) is 4.48 Å². The molecular formula is C7H10FNO2. The summed E-state index contributed by atoms with van der Waals surface area (Å²) in [6.45, 7) is 5.46. The van der Waals surface area contributed by atoms with Gasteiger partial charge >= 0.3 is 5.63 Å². The first-order valence-electron chi connectivity index (χ1n) is 3.31. The molecule has 0 amide bonds. The molecule has 11 heavy (non-hydrogen) atoms. The largest absolute Gasteiger partial charge is 0.364 e. The van der Waals surface area contributed by atoms with Crippen LogP contribution >= 0.6 is 0 Å². The van der Waals surface area contributed by atoms with Crippen molar-refractivity contribution in [2.45, 2.75) is 26.2 Å². The van der Waals surface area contributed by atoms with Crippen LogP contribution in [-0.4, -0.2) is 4.96 Å². The fraction of sp³-hybridized carbons (Fsp3) is 0.571. The molecule has 0 fully saturated rings. The summed E-state index contributed by atoms with van der Waals surface area (Å²) in [6.07, 6.45) is 1.06. The Balaban J connectivity index is 3.25. The van der Waals surface area contributed by atoms with Gasteiger partial charge in [0, 0.05) is 0 Å². The average molecular weight is 159 g/mol. The Morgan fingerprint density at radius 3 is 2.27 bits per heavy atom. The van der Waals surface area contributed by atoms with Gasteiger partial charge in [0.1, 0.15) is 0 Å². The molecule has 1 aromatic heterocycles. The van der Waals surface area contributed by atoms with Gasteiger partial charge in [0.05, 0.1) is 11.8 Å². The lowest BCUT2D eigenvalue weighted by atomic mass is 9.90. The number of aromatic nitrogens is 1. The van der Waals surface area contributed by atoms with Crippen LogP contribution in [0.15, 0.2) is 15.5 Å². The molecule has 3 nitrogen and oxygen atoms in total. The van der Waals surface area contributed by atoms with Gasteiger partial charge in [-0.05, 0) is 10.4 Å². The summed E-state index contributed by atoms with van der Waals surface area (Å²) in [5, 5.41) is 0. The molecular weight excluding hydrogens is 149 g/mol. The molecule has 0 spiro atoms. The standard InChI is InChI=1S/C7H10FNO2/c1-7(2,3)5-4-9(8)11-6(5)10/h4H,1-3H3. The SMILES string of the molecule is CC(C)(C)c1cn(F)oc1=O. The molecule has 0 aromatic carbocycles. The first-order chi connectivity index (χ1) is 4.91. The van der Waals surface area contributed by atoms with E-state index in [2.05, 4.69) is 4.52 Å². The second-order valence-electron chi connectivity index (χ2n) is 3.44. The lowest BCUT2D eigenvalue weighted by Crippen LogP contribution is -2.18. The van der Waals surface area contributed by atoms with Crippen molar-refractivity contribution in [3.05, 3.63) is 22.2 Å². The van der Waals surface area contributed by atoms with E-state index in [0.29, 0.717) is 5.56 Å². The van der Waals surface area contributed by atoms with Crippen LogP contribution in [0, 0.1) is 0 Å². The van der Waals surface area contributed by atoms with E-state index in [1.165, 1.54) is 0 Å². The summed E-state index contributed by atoms with van der Waals surface area (Å²) in [5.41, 5.74) is -0.627. The number of rotatable bonds is 0. The lowest BCUT2D eigenvalue weighted by molar-refractivity contribution is 0.105. The van der Waals surface area contributed by atoms with E-state index >= 15 is 0 Å². The third kappa shape index (κ3) is 1.50. The maximum atomic E-state index is 12.3. The molecule has 1 rings (SSSR count). The molecule has 0 N–H and O–H groups in total. The highest BCUT2D eigenvalue weighted by Gasteiger charge is 2.21. The summed E-state index contributed by atoms with van der Waals surface area (Å²) < 4.78 is 16.4. The minimum atomic E-state index is -0.611. The lowest BCUT2D eigenvalue weighted by Gasteiger charge is -2.12. The highest BCUT2D eigenvalue weighted by Crippen LogP contribution is 2.18. The molecule has 62 valence electrons. The molecule has 0 unspecified atom stereocenters. The van der Waals surface area contributed by atoms with Gasteiger partial charge < -0.3 is 4.52 Å². The molecule has 0 aliphatic rings. The Morgan fingerprint density at radius 2 is 2.09 bits per heavy atom. The van der Waals surface area contributed by atoms with Gasteiger partial charge in [-0.1, -0.05) is 25.3 Å². The van der Waals surface area contributed by atoms with E-state index in [4.69, 9.17) is 0 Å². The molecule has 0 bridgehead atoms. The van der Waals surface area contributed by atoms with Gasteiger partial charge in [0.25, 0.3) is 0 Å². The summed E-state index contributed by atoms with van der Waals surface area (Å²) in [4.78, 5) is 10.8. The maximum Gasteiger partial charge on any atom is 0.364 e. The molecule has 0 radical (unpaired) electrons. The number of nitrogens with zero attached hydrogens (tertiary/aromatic N) is 1. The van der Waals surface area contributed by atoms with E-state index in [9.17, 15) is 9.28 Å². The fourth-order valence-electron chi connectivity index (χ4n) is 0.809. The minimum Gasteiger partial charge on any atom is -0.306 e. The van der Waals surface area contributed by atoms with E-state index in [0.717, 1.165) is 6.20 Å². The van der Waals surface area contributed by atoms with Crippen molar-refractivity contribution < 1.29 is 9.00 Å². The van der Waals surface area contributed by atoms with Crippen molar-refractivity contribution >= 4 is 0 Å². The molecule has 0 atom stereocenters. The minimum absolute atomic E-state index is 0.0666. The van der Waals surface area contributed by atoms with Crippen LogP contribution in [0.3, 0.4) is 0 Å². The zero-order valence-corrected chi connectivity index (χ0v) is 6.72. The van der Waals surface area contributed by atoms with Crippen LogP contribution in [0.5, 0.6) is 0 Å². The van der Waals surface area contributed by atoms with Gasteiger partial charge in [-0.3, -0.25) is 0 Å². The molecule has 4 heteroatoms. The van der Waals surface area contributed by atoms with Crippen LogP contribution in [-0.2, 0) is 5.41 Å². The quantitative estimate of drug-likeness (QED) is 0.574. The zero-order valence-electron chi connectivity index (χ0n) is 6.72. The Hall–Kier alpha value is -1.06. The number of hydrogen-bond donors (Lipinski definition) is 0. The van der Waals surface area contributed by atoms with Gasteiger partial charge in [-0.2, -0.15) is 0 Å². The molecule has 0 aliphatic carbocycles. The number of halogens is 1. The monoisotopic (exact) mass is 159 g/mol. The van der Waals surface area contributed by atoms with E-state index in [1.54, 1.807) is 0 Å². The normalized spacial score (nSPS) is 12.0. The fourth-order valence-corrected chi connectivity index (χ4v) is 0.809. The predicted octanol–water partition coefficient (Wildman–Crippen LogP) is 1.47. The third-order valence-electron chi connectivity index (χ3n) is 1.43. The van der Waals surface area contributed by atoms with Crippen molar-refractivity contribution in [1.29, 1.82) is 0 Å². The van der Waals surface area contributed by atoms with Crippen LogP contribution < -0.4 is 5.63 Å². The molecule has 0 aliphatic heterocycles. The van der Waals surface area contributed by atoms with Gasteiger partial charge in [0.2, 0.25) is 0 Å². The second kappa shape index (κ2) is 2.22. The molecule has 0 saturated carbocycles. The van der Waals surface area contributed by atoms with E-state index in [1.807, 2.05) is 20.8 Å². The molecule has 0 saturated heterocycles. The van der Waals surface area contributed by atoms with Crippen LogP contribution in [0.1, 0.15) is 26.3 Å². The van der Waals surface area contributed by atoms with Crippen molar-refractivity contribution in [3.8, 4) is 0 Å². The Bertz CT molecular complexity index is 305. The van der Waals surface area contributed by atoms with E-state index < -0.39 is 5.63 Å². The van der Waals surface area contributed by atoms with Crippen molar-refractivity contribution in [1.82, 2.24) is 4.96 Å². The van der Waals surface area contributed by atoms with Crippen LogP contribution in [0.25, 0.3) is 0 Å². The first kappa shape index (κ1) is 8.04. The average Bonchev–Trinajstić information content (AvgIpc) is 2.08. The first-order valence-corrected chi connectivity index (χ1v) is 3.31. The van der Waals surface area contributed by atoms with Gasteiger partial charge in [-0.25, -0.2) is 4.79 Å². The Morgan fingerprint density at radius 1 is 1.55 bits per heavy atom. The smallest absolute Gasteiger partial charge is 0.306 e. The van der Waals surface area contributed by atoms with Gasteiger partial charge in [-0.15, -0.1) is 0 Å². The summed E-state index contributed by atoms with van der Waals surface area (Å²) >= 11 is 0. The molecule has 1 heterocycles. The van der Waals surface area contributed by atoms with Crippen molar-refractivity contribution in [2.24, 2.45) is 0 Å². The number of hydrogen-bond acceptors (Lipinski definition) is 2. The highest BCUT2D eigenvalue weighted by molar-refractivity contribution is 5.13. The Kier molecular flexibility index (Phi) is 1.62. The molecule has 1 aromatic rings. The topological polar surface area (TPSA) is 35.1 Å².